The van der Waals surface area contributed by atoms with Gasteiger partial charge in [-0.05, 0) is 44.1 Å². The van der Waals surface area contributed by atoms with Crippen LogP contribution in [0.2, 0.25) is 0 Å². The number of carboxylic acids is 2. The summed E-state index contributed by atoms with van der Waals surface area (Å²) >= 11 is 6.80. The molecule has 2 aliphatic heterocycles. The first-order valence-corrected chi connectivity index (χ1v) is 16.6. The Morgan fingerprint density at radius 1 is 1.13 bits per heavy atom. The van der Waals surface area contributed by atoms with Gasteiger partial charge in [-0.2, -0.15) is 0 Å². The Hall–Kier alpha value is -3.97. The fourth-order valence-corrected chi connectivity index (χ4v) is 7.57. The summed E-state index contributed by atoms with van der Waals surface area (Å²) in [7, 11) is -2.94. The van der Waals surface area contributed by atoms with Crippen LogP contribution in [0.5, 0.6) is 11.5 Å². The number of aromatic nitrogens is 1. The van der Waals surface area contributed by atoms with Crippen LogP contribution >= 0.6 is 35.3 Å². The van der Waals surface area contributed by atoms with Gasteiger partial charge < -0.3 is 29.1 Å². The van der Waals surface area contributed by atoms with Crippen molar-refractivity contribution in [1.82, 2.24) is 9.47 Å². The number of thioether (sulfide) groups is 1. The molecular weight excluding hydrogens is 671 g/mol. The molecular formula is C27H26N3O11S4-. The molecule has 0 saturated carbocycles. The lowest BCUT2D eigenvalue weighted by molar-refractivity contribution is -0.140. The number of carboxylic acid groups (broad SMARTS) is 2. The summed E-state index contributed by atoms with van der Waals surface area (Å²) in [5, 5.41) is 18.6. The number of benzene rings is 1. The Balaban J connectivity index is 1.78. The normalized spacial score (nSPS) is 18.0. The summed E-state index contributed by atoms with van der Waals surface area (Å²) in [6, 6.07) is 5.10. The molecule has 1 saturated heterocycles. The number of ether oxygens (including phenoxy) is 2. The minimum absolute atomic E-state index is 0.0292. The van der Waals surface area contributed by atoms with Crippen LogP contribution in [0.4, 0.5) is 5.69 Å². The third kappa shape index (κ3) is 7.82. The van der Waals surface area contributed by atoms with Crippen LogP contribution in [0.25, 0.3) is 11.0 Å². The van der Waals surface area contributed by atoms with Gasteiger partial charge in [0.15, 0.2) is 5.75 Å². The van der Waals surface area contributed by atoms with Crippen molar-refractivity contribution in [3.8, 4) is 11.5 Å². The number of allylic oxidation sites excluding steroid dienone is 3. The van der Waals surface area contributed by atoms with E-state index in [0.717, 1.165) is 32.6 Å². The van der Waals surface area contributed by atoms with Crippen molar-refractivity contribution in [1.29, 1.82) is 0 Å². The lowest BCUT2D eigenvalue weighted by Crippen LogP contribution is -2.36. The molecule has 2 N–H and O–H groups in total. The first-order chi connectivity index (χ1) is 21.1. The van der Waals surface area contributed by atoms with E-state index in [-0.39, 0.29) is 31.4 Å². The molecule has 14 nitrogen and oxygen atoms in total. The average Bonchev–Trinajstić information content (AvgIpc) is 3.54. The van der Waals surface area contributed by atoms with Crippen LogP contribution in [0, 0.1) is 0 Å². The van der Waals surface area contributed by atoms with Crippen molar-refractivity contribution in [3.63, 3.8) is 0 Å². The molecule has 1 fully saturated rings. The Morgan fingerprint density at radius 3 is 2.44 bits per heavy atom. The zero-order valence-electron chi connectivity index (χ0n) is 24.0. The SMILES string of the molecule is COc1ccc2c(c1)N(CCCS(=O)(=O)[O-])C(=C(C)C=C(C)C=c1s/c(=C3/SC(=S)N(CC(=O)O)C3=O)n(CC(=O)O)c1=O)O2. The van der Waals surface area contributed by atoms with Crippen LogP contribution in [0.15, 0.2) is 46.1 Å². The number of hydrogen-bond acceptors (Lipinski definition) is 13. The zero-order valence-corrected chi connectivity index (χ0v) is 27.2. The molecule has 1 amide bonds. The van der Waals surface area contributed by atoms with E-state index in [1.54, 1.807) is 43.0 Å². The van der Waals surface area contributed by atoms with Gasteiger partial charge in [-0.1, -0.05) is 30.1 Å². The summed E-state index contributed by atoms with van der Waals surface area (Å²) < 4.78 is 46.0. The number of thiocarbonyl (C=S) groups is 1. The summed E-state index contributed by atoms with van der Waals surface area (Å²) in [5.41, 5.74) is 1.06. The molecule has 3 heterocycles. The Bertz CT molecular complexity index is 1960. The predicted octanol–water partition coefficient (Wildman–Crippen LogP) is 0.849. The van der Waals surface area contributed by atoms with Gasteiger partial charge in [-0.3, -0.25) is 28.6 Å². The second kappa shape index (κ2) is 13.6. The predicted molar refractivity (Wildman–Crippen MR) is 169 cm³/mol. The number of methoxy groups -OCH3 is 1. The van der Waals surface area contributed by atoms with Crippen LogP contribution in [-0.2, 0) is 31.0 Å². The van der Waals surface area contributed by atoms with E-state index in [1.165, 1.54) is 13.2 Å². The van der Waals surface area contributed by atoms with E-state index in [4.69, 9.17) is 26.8 Å². The Kier molecular flexibility index (Phi) is 10.2. The highest BCUT2D eigenvalue weighted by Gasteiger charge is 2.35. The monoisotopic (exact) mass is 696 g/mol. The van der Waals surface area contributed by atoms with Crippen LogP contribution in [0.3, 0.4) is 0 Å². The number of carbonyl (C=O) groups excluding carboxylic acids is 1. The topological polar surface area (TPSA) is 196 Å². The fourth-order valence-electron chi connectivity index (χ4n) is 4.52. The van der Waals surface area contributed by atoms with E-state index < -0.39 is 52.4 Å². The van der Waals surface area contributed by atoms with E-state index in [1.807, 2.05) is 0 Å². The summed E-state index contributed by atoms with van der Waals surface area (Å²) in [5.74, 6) is -2.55. The highest BCUT2D eigenvalue weighted by Crippen LogP contribution is 2.42. The number of anilines is 1. The summed E-state index contributed by atoms with van der Waals surface area (Å²) in [6.07, 6.45) is 3.24. The van der Waals surface area contributed by atoms with E-state index in [2.05, 4.69) is 0 Å². The molecule has 2 aliphatic rings. The second-order valence-electron chi connectivity index (χ2n) is 9.76. The fraction of sp³-hybridized carbons (Fsp3) is 0.296. The van der Waals surface area contributed by atoms with Crippen molar-refractivity contribution in [2.45, 2.75) is 26.8 Å². The van der Waals surface area contributed by atoms with Gasteiger partial charge in [0.25, 0.3) is 11.5 Å². The largest absolute Gasteiger partial charge is 0.748 e. The molecule has 45 heavy (non-hydrogen) atoms. The highest BCUT2D eigenvalue weighted by atomic mass is 32.2. The smallest absolute Gasteiger partial charge is 0.323 e. The molecule has 1 aromatic heterocycles. The lowest BCUT2D eigenvalue weighted by Gasteiger charge is -2.20. The molecule has 1 aromatic carbocycles. The molecule has 2 aromatic rings. The molecule has 4 rings (SSSR count). The number of aliphatic carboxylic acids is 2. The Morgan fingerprint density at radius 2 is 1.82 bits per heavy atom. The number of rotatable bonds is 11. The molecule has 240 valence electrons. The van der Waals surface area contributed by atoms with E-state index >= 15 is 0 Å². The molecule has 18 heteroatoms. The van der Waals surface area contributed by atoms with Crippen molar-refractivity contribution in [2.24, 2.45) is 0 Å². The Labute approximate surface area is 269 Å². The van der Waals surface area contributed by atoms with E-state index in [0.29, 0.717) is 34.2 Å². The van der Waals surface area contributed by atoms with Crippen molar-refractivity contribution >= 4 is 84.3 Å². The highest BCUT2D eigenvalue weighted by molar-refractivity contribution is 8.30. The molecule has 0 spiro atoms. The van der Waals surface area contributed by atoms with Crippen molar-refractivity contribution < 1.29 is 47.0 Å². The average molecular weight is 697 g/mol. The van der Waals surface area contributed by atoms with Crippen molar-refractivity contribution in [2.75, 3.05) is 30.9 Å². The number of thiazole rings is 1. The number of hydrogen-bond donors (Lipinski definition) is 2. The van der Waals surface area contributed by atoms with Gasteiger partial charge in [0.2, 0.25) is 5.88 Å². The van der Waals surface area contributed by atoms with Gasteiger partial charge in [0.05, 0.1) is 27.4 Å². The summed E-state index contributed by atoms with van der Waals surface area (Å²) in [4.78, 5) is 51.6. The lowest BCUT2D eigenvalue weighted by atomic mass is 10.2. The van der Waals surface area contributed by atoms with Crippen LogP contribution in [-0.4, -0.2) is 80.8 Å². The molecule has 0 bridgehead atoms. The molecule has 0 atom stereocenters. The first kappa shape index (κ1) is 33.9. The quantitative estimate of drug-likeness (QED) is 0.248. The van der Waals surface area contributed by atoms with Gasteiger partial charge in [-0.15, -0.1) is 11.3 Å². The first-order valence-electron chi connectivity index (χ1n) is 13.0. The maximum absolute atomic E-state index is 13.3. The van der Waals surface area contributed by atoms with Gasteiger partial charge in [0.1, 0.15) is 32.7 Å². The zero-order chi connectivity index (χ0) is 33.2. The number of carbonyl (C=O) groups is 3. The van der Waals surface area contributed by atoms with Crippen LogP contribution < -0.4 is 29.1 Å². The maximum atomic E-state index is 13.3. The molecule has 0 radical (unpaired) electrons. The van der Waals surface area contributed by atoms with Gasteiger partial charge >= 0.3 is 11.9 Å². The molecule has 0 aliphatic carbocycles. The maximum Gasteiger partial charge on any atom is 0.323 e. The minimum Gasteiger partial charge on any atom is -0.748 e. The molecule has 0 unspecified atom stereocenters. The van der Waals surface area contributed by atoms with Gasteiger partial charge in [0, 0.05) is 23.9 Å². The van der Waals surface area contributed by atoms with Crippen LogP contribution in [0.1, 0.15) is 20.3 Å². The number of amides is 1. The third-order valence-electron chi connectivity index (χ3n) is 6.36. The summed E-state index contributed by atoms with van der Waals surface area (Å²) in [6.45, 7) is 2.15. The second-order valence-corrected chi connectivity index (χ2v) is 14.0. The van der Waals surface area contributed by atoms with Gasteiger partial charge in [-0.25, -0.2) is 8.42 Å². The van der Waals surface area contributed by atoms with Crippen molar-refractivity contribution in [3.05, 3.63) is 60.9 Å². The third-order valence-corrected chi connectivity index (χ3v) is 9.85. The van der Waals surface area contributed by atoms with E-state index in [9.17, 15) is 37.3 Å². The number of fused-ring (bicyclic) bond motifs is 1. The standard InChI is InChI=1S/C27H27N3O11S4/c1-14(9-15(2)25-28(7-4-8-45(37,38)39)17-11-16(40-3)5-6-18(17)41-25)10-19-23(35)29(12-20(31)32)26(43-19)22-24(36)30(13-21(33)34)27(42)44-22/h5-6,9-11H,4,7-8,12-13H2,1-3H3,(H,31,32)(H,33,34)(H,37,38,39)/p-1/b14-9?,19-10?,25-15?,26-22+. The number of nitrogens with zero attached hydrogens (tertiary/aromatic N) is 3. The minimum atomic E-state index is -4.43.